The molecule has 0 aromatic carbocycles. The first-order valence-corrected chi connectivity index (χ1v) is 6.33. The van der Waals surface area contributed by atoms with Crippen LogP contribution in [-0.2, 0) is 9.59 Å². The fourth-order valence-corrected chi connectivity index (χ4v) is 3.56. The molecular formula is C14H18N2O2. The third-order valence-electron chi connectivity index (χ3n) is 4.65. The van der Waals surface area contributed by atoms with E-state index in [0.29, 0.717) is 0 Å². The van der Waals surface area contributed by atoms with Gasteiger partial charge in [0, 0.05) is 14.1 Å². The lowest BCUT2D eigenvalue weighted by atomic mass is 9.72. The molecule has 6 aliphatic rings. The maximum atomic E-state index is 12.4. The molecule has 0 spiro atoms. The smallest absolute Gasteiger partial charge is 0.232 e. The van der Waals surface area contributed by atoms with Gasteiger partial charge in [0.2, 0.25) is 11.8 Å². The van der Waals surface area contributed by atoms with Crippen molar-refractivity contribution < 1.29 is 9.59 Å². The summed E-state index contributed by atoms with van der Waals surface area (Å²) in [6.07, 6.45) is 4.20. The SMILES string of the molecule is CC1=C[C@H]2[C@H]3C(=O)N(C)[C@H](C=C3C)[C@@H]1C(=O)N2C. The Morgan fingerprint density at radius 2 is 1.17 bits per heavy atom. The van der Waals surface area contributed by atoms with Crippen molar-refractivity contribution in [2.24, 2.45) is 11.8 Å². The number of likely N-dealkylation sites (N-methyl/N-ethyl adjacent to an activating group) is 2. The Kier molecular flexibility index (Phi) is 2.22. The second-order valence-electron chi connectivity index (χ2n) is 5.66. The molecule has 18 heavy (non-hydrogen) atoms. The molecule has 0 aromatic heterocycles. The quantitative estimate of drug-likeness (QED) is 0.593. The first-order chi connectivity index (χ1) is 8.43. The number of carbonyl (C=O) groups is 2. The number of carbonyl (C=O) groups excluding carboxylic acids is 2. The van der Waals surface area contributed by atoms with E-state index in [0.717, 1.165) is 11.1 Å². The monoisotopic (exact) mass is 246 g/mol. The molecule has 5 aliphatic heterocycles. The van der Waals surface area contributed by atoms with Gasteiger partial charge in [0.25, 0.3) is 0 Å². The highest BCUT2D eigenvalue weighted by Gasteiger charge is 2.50. The van der Waals surface area contributed by atoms with E-state index in [2.05, 4.69) is 12.2 Å². The van der Waals surface area contributed by atoms with Crippen LogP contribution in [0.25, 0.3) is 0 Å². The lowest BCUT2D eigenvalue weighted by molar-refractivity contribution is -0.149. The third-order valence-corrected chi connectivity index (χ3v) is 4.65. The first kappa shape index (κ1) is 11.5. The highest BCUT2D eigenvalue weighted by molar-refractivity contribution is 5.92. The summed E-state index contributed by atoms with van der Waals surface area (Å²) in [6.45, 7) is 4.01. The second kappa shape index (κ2) is 3.46. The van der Waals surface area contributed by atoms with Gasteiger partial charge in [0.15, 0.2) is 0 Å². The van der Waals surface area contributed by atoms with Gasteiger partial charge in [0.05, 0.1) is 23.9 Å². The molecule has 1 aliphatic carbocycles. The maximum Gasteiger partial charge on any atom is 0.232 e. The zero-order valence-electron chi connectivity index (χ0n) is 11.2. The van der Waals surface area contributed by atoms with Crippen molar-refractivity contribution in [3.63, 3.8) is 0 Å². The van der Waals surface area contributed by atoms with E-state index in [9.17, 15) is 9.59 Å². The van der Waals surface area contributed by atoms with E-state index in [-0.39, 0.29) is 35.7 Å². The van der Waals surface area contributed by atoms with Gasteiger partial charge < -0.3 is 9.80 Å². The van der Waals surface area contributed by atoms with Crippen LogP contribution in [-0.4, -0.2) is 47.8 Å². The van der Waals surface area contributed by atoms with Crippen LogP contribution >= 0.6 is 0 Å². The van der Waals surface area contributed by atoms with E-state index in [1.165, 1.54) is 0 Å². The van der Waals surface area contributed by atoms with Crippen LogP contribution in [0.1, 0.15) is 13.8 Å². The highest BCUT2D eigenvalue weighted by Crippen LogP contribution is 2.41. The Balaban J connectivity index is 2.25. The average molecular weight is 246 g/mol. The summed E-state index contributed by atoms with van der Waals surface area (Å²) in [5, 5.41) is 0. The fourth-order valence-electron chi connectivity index (χ4n) is 3.56. The third kappa shape index (κ3) is 1.21. The summed E-state index contributed by atoms with van der Waals surface area (Å²) in [5.74, 6) is -0.149. The Bertz CT molecular complexity index is 460. The number of hydrogen-bond acceptors (Lipinski definition) is 2. The number of rotatable bonds is 0. The molecular weight excluding hydrogens is 228 g/mol. The predicted octanol–water partition coefficient (Wildman–Crippen LogP) is 0.806. The van der Waals surface area contributed by atoms with Crippen LogP contribution in [0.3, 0.4) is 0 Å². The van der Waals surface area contributed by atoms with Gasteiger partial charge in [-0.2, -0.15) is 0 Å². The molecule has 0 N–H and O–H groups in total. The Labute approximate surface area is 107 Å². The van der Waals surface area contributed by atoms with Gasteiger partial charge in [-0.3, -0.25) is 9.59 Å². The predicted molar refractivity (Wildman–Crippen MR) is 67.6 cm³/mol. The Morgan fingerprint density at radius 3 is 1.50 bits per heavy atom. The molecule has 4 atom stereocenters. The molecule has 4 nitrogen and oxygen atoms in total. The summed E-state index contributed by atoms with van der Waals surface area (Å²) < 4.78 is 0. The maximum absolute atomic E-state index is 12.4. The molecule has 5 heterocycles. The van der Waals surface area contributed by atoms with Crippen molar-refractivity contribution in [1.29, 1.82) is 0 Å². The minimum atomic E-state index is -0.212. The van der Waals surface area contributed by atoms with E-state index in [1.807, 2.05) is 27.9 Å². The van der Waals surface area contributed by atoms with E-state index in [1.54, 1.807) is 9.80 Å². The molecule has 0 unspecified atom stereocenters. The summed E-state index contributed by atoms with van der Waals surface area (Å²) >= 11 is 0. The summed E-state index contributed by atoms with van der Waals surface area (Å²) in [4.78, 5) is 28.4. The van der Waals surface area contributed by atoms with Gasteiger partial charge in [0.1, 0.15) is 0 Å². The van der Waals surface area contributed by atoms with Crippen molar-refractivity contribution in [2.45, 2.75) is 25.9 Å². The molecule has 2 amide bonds. The zero-order valence-corrected chi connectivity index (χ0v) is 11.2. The topological polar surface area (TPSA) is 40.6 Å². The Morgan fingerprint density at radius 1 is 0.833 bits per heavy atom. The van der Waals surface area contributed by atoms with Crippen LogP contribution in [0.5, 0.6) is 0 Å². The fraction of sp³-hybridized carbons (Fsp3) is 0.571. The standard InChI is InChI=1S/C14H18N2O2/c1-7-5-9-12-8(2)6-10(16(4)14(12)18)11(7)13(17)15(9)3/h5-6,9-12H,1-4H3/t9-,10+,11+,12-. The Hall–Kier alpha value is -1.58. The zero-order chi connectivity index (χ0) is 13.2. The molecule has 0 saturated carbocycles. The number of amides is 2. The highest BCUT2D eigenvalue weighted by atomic mass is 16.2. The summed E-state index contributed by atoms with van der Waals surface area (Å²) in [7, 11) is 3.62. The van der Waals surface area contributed by atoms with Gasteiger partial charge in [-0.05, 0) is 13.8 Å². The first-order valence-electron chi connectivity index (χ1n) is 6.33. The molecule has 1 saturated heterocycles. The van der Waals surface area contributed by atoms with Gasteiger partial charge in [-0.1, -0.05) is 23.3 Å². The van der Waals surface area contributed by atoms with Crippen LogP contribution in [0, 0.1) is 11.8 Å². The van der Waals surface area contributed by atoms with Crippen molar-refractivity contribution in [3.05, 3.63) is 23.3 Å². The normalized spacial score (nSPS) is 38.7. The van der Waals surface area contributed by atoms with Gasteiger partial charge >= 0.3 is 0 Å². The van der Waals surface area contributed by atoms with Crippen LogP contribution in [0.15, 0.2) is 23.3 Å². The van der Waals surface area contributed by atoms with Crippen LogP contribution in [0.2, 0.25) is 0 Å². The molecule has 4 heteroatoms. The molecule has 4 bridgehead atoms. The van der Waals surface area contributed by atoms with Crippen molar-refractivity contribution >= 4 is 11.8 Å². The van der Waals surface area contributed by atoms with Gasteiger partial charge in [-0.15, -0.1) is 0 Å². The molecule has 0 aromatic rings. The largest absolute Gasteiger partial charge is 0.338 e. The van der Waals surface area contributed by atoms with E-state index < -0.39 is 0 Å². The van der Waals surface area contributed by atoms with Crippen LogP contribution in [0.4, 0.5) is 0 Å². The molecule has 96 valence electrons. The summed E-state index contributed by atoms with van der Waals surface area (Å²) in [5.41, 5.74) is 2.20. The second-order valence-corrected chi connectivity index (χ2v) is 5.66. The number of nitrogens with zero attached hydrogens (tertiary/aromatic N) is 2. The summed E-state index contributed by atoms with van der Waals surface area (Å²) in [6, 6.07) is -0.248. The number of hydrogen-bond donors (Lipinski definition) is 0. The van der Waals surface area contributed by atoms with E-state index >= 15 is 0 Å². The lowest BCUT2D eigenvalue weighted by Gasteiger charge is -2.50. The van der Waals surface area contributed by atoms with Crippen molar-refractivity contribution in [1.82, 2.24) is 9.80 Å². The molecule has 1 fully saturated rings. The molecule has 6 rings (SSSR count). The minimum absolute atomic E-state index is 0.124. The minimum Gasteiger partial charge on any atom is -0.338 e. The van der Waals surface area contributed by atoms with Crippen LogP contribution < -0.4 is 0 Å². The van der Waals surface area contributed by atoms with Crippen molar-refractivity contribution in [2.75, 3.05) is 14.1 Å². The van der Waals surface area contributed by atoms with Crippen molar-refractivity contribution in [3.8, 4) is 0 Å². The average Bonchev–Trinajstić information content (AvgIpc) is 2.30. The molecule has 0 radical (unpaired) electrons. The van der Waals surface area contributed by atoms with E-state index in [4.69, 9.17) is 0 Å². The lowest BCUT2D eigenvalue weighted by Crippen LogP contribution is -2.62. The van der Waals surface area contributed by atoms with Gasteiger partial charge in [-0.25, -0.2) is 0 Å².